The van der Waals surface area contributed by atoms with E-state index in [4.69, 9.17) is 14.6 Å². The second-order valence-electron chi connectivity index (χ2n) is 4.17. The minimum atomic E-state index is -1.05. The highest BCUT2D eigenvalue weighted by Gasteiger charge is 2.21. The third kappa shape index (κ3) is 7.75. The molecule has 2 amide bonds. The maximum Gasteiger partial charge on any atom is 0.323 e. The van der Waals surface area contributed by atoms with Crippen LogP contribution in [0, 0.1) is 0 Å². The molecule has 1 N–H and O–H groups in total. The van der Waals surface area contributed by atoms with E-state index in [9.17, 15) is 9.59 Å². The Bertz CT molecular complexity index is 309. The van der Waals surface area contributed by atoms with Gasteiger partial charge in [0.25, 0.3) is 0 Å². The van der Waals surface area contributed by atoms with Crippen LogP contribution in [0.1, 0.15) is 6.42 Å². The first-order valence-corrected chi connectivity index (χ1v) is 6.41. The zero-order valence-electron chi connectivity index (χ0n) is 12.2. The molecule has 0 heterocycles. The number of amides is 2. The molecule has 0 saturated heterocycles. The summed E-state index contributed by atoms with van der Waals surface area (Å²) in [6, 6.07) is -0.333. The van der Waals surface area contributed by atoms with Gasteiger partial charge in [-0.25, -0.2) is 4.79 Å². The maximum absolute atomic E-state index is 12.3. The van der Waals surface area contributed by atoms with E-state index in [1.54, 1.807) is 19.1 Å². The monoisotopic (exact) mass is 288 g/mol. The van der Waals surface area contributed by atoms with Crippen molar-refractivity contribution >= 4 is 12.0 Å². The Morgan fingerprint density at radius 3 is 2.30 bits per heavy atom. The van der Waals surface area contributed by atoms with Crippen LogP contribution in [0.3, 0.4) is 0 Å². The molecule has 0 aliphatic carbocycles. The third-order valence-corrected chi connectivity index (χ3v) is 2.56. The number of ether oxygens (including phenoxy) is 2. The lowest BCUT2D eigenvalue weighted by atomic mass is 10.3. The Hall–Kier alpha value is -1.60. The molecule has 0 saturated carbocycles. The van der Waals surface area contributed by atoms with Crippen LogP contribution in [0.2, 0.25) is 0 Å². The van der Waals surface area contributed by atoms with Crippen molar-refractivity contribution in [2.75, 3.05) is 53.6 Å². The largest absolute Gasteiger partial charge is 0.480 e. The number of carboxylic acid groups (broad SMARTS) is 1. The summed E-state index contributed by atoms with van der Waals surface area (Å²) in [6.45, 7) is 5.22. The number of carbonyl (C=O) groups is 2. The number of aliphatic carboxylic acids is 1. The number of rotatable bonds is 11. The van der Waals surface area contributed by atoms with Gasteiger partial charge in [-0.15, -0.1) is 6.58 Å². The molecule has 20 heavy (non-hydrogen) atoms. The molecule has 7 heteroatoms. The summed E-state index contributed by atoms with van der Waals surface area (Å²) in [4.78, 5) is 25.9. The van der Waals surface area contributed by atoms with Crippen LogP contribution >= 0.6 is 0 Å². The lowest BCUT2D eigenvalue weighted by Gasteiger charge is -2.29. The van der Waals surface area contributed by atoms with Gasteiger partial charge < -0.3 is 24.4 Å². The molecule has 0 fully saturated rings. The molecule has 0 spiro atoms. The van der Waals surface area contributed by atoms with Crippen LogP contribution < -0.4 is 0 Å². The molecule has 0 atom stereocenters. The zero-order chi connectivity index (χ0) is 15.4. The molecule has 0 radical (unpaired) electrons. The zero-order valence-corrected chi connectivity index (χ0v) is 12.2. The van der Waals surface area contributed by atoms with Gasteiger partial charge in [0.05, 0.1) is 6.61 Å². The van der Waals surface area contributed by atoms with Crippen molar-refractivity contribution in [3.8, 4) is 0 Å². The lowest BCUT2D eigenvalue weighted by Crippen LogP contribution is -2.47. The van der Waals surface area contributed by atoms with Gasteiger partial charge in [0.1, 0.15) is 6.54 Å². The topological polar surface area (TPSA) is 79.3 Å². The fraction of sp³-hybridized carbons (Fsp3) is 0.692. The van der Waals surface area contributed by atoms with E-state index in [1.165, 1.54) is 11.0 Å². The summed E-state index contributed by atoms with van der Waals surface area (Å²) in [7, 11) is 3.15. The summed E-state index contributed by atoms with van der Waals surface area (Å²) in [5, 5.41) is 8.84. The molecule has 0 unspecified atom stereocenters. The van der Waals surface area contributed by atoms with Gasteiger partial charge in [0.15, 0.2) is 0 Å². The Balaban J connectivity index is 4.65. The summed E-state index contributed by atoms with van der Waals surface area (Å²) < 4.78 is 9.93. The molecule has 0 aromatic heterocycles. The van der Waals surface area contributed by atoms with Gasteiger partial charge in [-0.2, -0.15) is 0 Å². The van der Waals surface area contributed by atoms with Gasteiger partial charge in [0, 0.05) is 40.5 Å². The number of carbonyl (C=O) groups excluding carboxylic acids is 1. The normalized spacial score (nSPS) is 10.1. The predicted octanol–water partition coefficient (Wildman–Crippen LogP) is 0.664. The molecular formula is C13H24N2O5. The highest BCUT2D eigenvalue weighted by molar-refractivity contribution is 5.80. The molecule has 0 aromatic rings. The van der Waals surface area contributed by atoms with Gasteiger partial charge >= 0.3 is 12.0 Å². The molecule has 7 nitrogen and oxygen atoms in total. The number of hydrogen-bond acceptors (Lipinski definition) is 4. The fourth-order valence-corrected chi connectivity index (χ4v) is 1.63. The Labute approximate surface area is 119 Å². The third-order valence-electron chi connectivity index (χ3n) is 2.56. The first-order valence-electron chi connectivity index (χ1n) is 6.41. The van der Waals surface area contributed by atoms with Crippen molar-refractivity contribution in [3.63, 3.8) is 0 Å². The molecular weight excluding hydrogens is 264 g/mol. The standard InChI is InChI=1S/C13H24N2O5/c1-4-6-15(11-12(16)17)13(18)14(8-10-20-3)7-5-9-19-2/h4H,1,5-11H2,2-3H3,(H,16,17). The van der Waals surface area contributed by atoms with E-state index in [-0.39, 0.29) is 19.1 Å². The van der Waals surface area contributed by atoms with Crippen LogP contribution in [0.25, 0.3) is 0 Å². The average molecular weight is 288 g/mol. The highest BCUT2D eigenvalue weighted by atomic mass is 16.5. The fourth-order valence-electron chi connectivity index (χ4n) is 1.63. The van der Waals surface area contributed by atoms with Gasteiger partial charge in [0.2, 0.25) is 0 Å². The van der Waals surface area contributed by atoms with E-state index in [1.807, 2.05) is 0 Å². The Kier molecular flexibility index (Phi) is 10.3. The minimum Gasteiger partial charge on any atom is -0.480 e. The highest BCUT2D eigenvalue weighted by Crippen LogP contribution is 2.02. The van der Waals surface area contributed by atoms with Crippen molar-refractivity contribution < 1.29 is 24.2 Å². The van der Waals surface area contributed by atoms with Gasteiger partial charge in [-0.1, -0.05) is 6.08 Å². The van der Waals surface area contributed by atoms with Crippen LogP contribution in [0.5, 0.6) is 0 Å². The summed E-state index contributed by atoms with van der Waals surface area (Å²) in [5.74, 6) is -1.05. The van der Waals surface area contributed by atoms with Crippen molar-refractivity contribution in [2.24, 2.45) is 0 Å². The van der Waals surface area contributed by atoms with E-state index >= 15 is 0 Å². The number of urea groups is 1. The van der Waals surface area contributed by atoms with Crippen molar-refractivity contribution in [3.05, 3.63) is 12.7 Å². The second-order valence-corrected chi connectivity index (χ2v) is 4.17. The Morgan fingerprint density at radius 1 is 1.15 bits per heavy atom. The van der Waals surface area contributed by atoms with Crippen LogP contribution in [0.15, 0.2) is 12.7 Å². The summed E-state index contributed by atoms with van der Waals surface area (Å²) in [6.07, 6.45) is 2.19. The van der Waals surface area contributed by atoms with E-state index < -0.39 is 5.97 Å². The first kappa shape index (κ1) is 18.4. The Morgan fingerprint density at radius 2 is 1.80 bits per heavy atom. The SMILES string of the molecule is C=CCN(CC(=O)O)C(=O)N(CCCOC)CCOC. The van der Waals surface area contributed by atoms with E-state index in [0.717, 1.165) is 0 Å². The molecule has 116 valence electrons. The van der Waals surface area contributed by atoms with Crippen LogP contribution in [0.4, 0.5) is 4.79 Å². The van der Waals surface area contributed by atoms with Crippen LogP contribution in [-0.4, -0.2) is 80.5 Å². The molecule has 0 aliphatic rings. The number of nitrogens with zero attached hydrogens (tertiary/aromatic N) is 2. The van der Waals surface area contributed by atoms with Crippen molar-refractivity contribution in [1.29, 1.82) is 0 Å². The molecule has 0 aliphatic heterocycles. The number of methoxy groups -OCH3 is 2. The summed E-state index contributed by atoms with van der Waals surface area (Å²) in [5.41, 5.74) is 0. The lowest BCUT2D eigenvalue weighted by molar-refractivity contribution is -0.137. The predicted molar refractivity (Wildman–Crippen MR) is 74.7 cm³/mol. The first-order chi connectivity index (χ1) is 9.56. The molecule has 0 aromatic carbocycles. The van der Waals surface area contributed by atoms with E-state index in [0.29, 0.717) is 32.7 Å². The minimum absolute atomic E-state index is 0.193. The van der Waals surface area contributed by atoms with Gasteiger partial charge in [-0.3, -0.25) is 4.79 Å². The number of hydrogen-bond donors (Lipinski definition) is 1. The van der Waals surface area contributed by atoms with Crippen molar-refractivity contribution in [1.82, 2.24) is 9.80 Å². The summed E-state index contributed by atoms with van der Waals surface area (Å²) >= 11 is 0. The van der Waals surface area contributed by atoms with Crippen LogP contribution in [-0.2, 0) is 14.3 Å². The average Bonchev–Trinajstić information content (AvgIpc) is 2.41. The number of carboxylic acids is 1. The van der Waals surface area contributed by atoms with Crippen molar-refractivity contribution in [2.45, 2.75) is 6.42 Å². The van der Waals surface area contributed by atoms with Gasteiger partial charge in [-0.05, 0) is 6.42 Å². The second kappa shape index (κ2) is 11.2. The quantitative estimate of drug-likeness (QED) is 0.446. The maximum atomic E-state index is 12.3. The van der Waals surface area contributed by atoms with E-state index in [2.05, 4.69) is 6.58 Å². The molecule has 0 bridgehead atoms. The molecule has 0 rings (SSSR count). The smallest absolute Gasteiger partial charge is 0.323 e.